The number of rotatable bonds is 2. The van der Waals surface area contributed by atoms with Crippen LogP contribution in [0.4, 0.5) is 5.82 Å². The third-order valence-corrected chi connectivity index (χ3v) is 4.47. The maximum absolute atomic E-state index is 5.40. The standard InChI is InChI=1S/C18H17N3OS/c23-17-4-2-1-3-14(17)13-5-6-15-16(11-13)20-18(12-19-15)21-7-9-22-10-8-21/h1-6,11-12,23H,7-10H2. The molecule has 0 radical (unpaired) electrons. The van der Waals surface area contributed by atoms with E-state index in [-0.39, 0.29) is 0 Å². The fourth-order valence-electron chi connectivity index (χ4n) is 2.83. The van der Waals surface area contributed by atoms with Gasteiger partial charge in [0.2, 0.25) is 0 Å². The van der Waals surface area contributed by atoms with Crippen molar-refractivity contribution in [1.82, 2.24) is 9.97 Å². The molecule has 116 valence electrons. The monoisotopic (exact) mass is 323 g/mol. The van der Waals surface area contributed by atoms with Crippen LogP contribution >= 0.6 is 12.6 Å². The molecular formula is C18H17N3OS. The van der Waals surface area contributed by atoms with Crippen LogP contribution in [-0.4, -0.2) is 36.3 Å². The molecule has 0 saturated carbocycles. The molecule has 2 aromatic carbocycles. The van der Waals surface area contributed by atoms with Gasteiger partial charge in [0.1, 0.15) is 5.82 Å². The molecule has 4 nitrogen and oxygen atoms in total. The third-order valence-electron chi connectivity index (χ3n) is 4.08. The SMILES string of the molecule is Sc1ccccc1-c1ccc2ncc(N3CCOCC3)nc2c1. The second-order valence-corrected chi connectivity index (χ2v) is 6.03. The molecule has 2 heterocycles. The van der Waals surface area contributed by atoms with Crippen molar-refractivity contribution in [3.8, 4) is 11.1 Å². The number of ether oxygens (including phenoxy) is 1. The zero-order valence-corrected chi connectivity index (χ0v) is 13.5. The average Bonchev–Trinajstić information content (AvgIpc) is 2.62. The van der Waals surface area contributed by atoms with Crippen molar-refractivity contribution in [1.29, 1.82) is 0 Å². The van der Waals surface area contributed by atoms with Gasteiger partial charge in [-0.1, -0.05) is 24.3 Å². The number of hydrogen-bond acceptors (Lipinski definition) is 5. The predicted octanol–water partition coefficient (Wildman–Crippen LogP) is 3.42. The summed E-state index contributed by atoms with van der Waals surface area (Å²) in [4.78, 5) is 12.5. The van der Waals surface area contributed by atoms with E-state index in [0.29, 0.717) is 0 Å². The average molecular weight is 323 g/mol. The van der Waals surface area contributed by atoms with Gasteiger partial charge in [-0.25, -0.2) is 4.98 Å². The summed E-state index contributed by atoms with van der Waals surface area (Å²) in [5, 5.41) is 0. The first-order chi connectivity index (χ1) is 11.3. The van der Waals surface area contributed by atoms with E-state index in [1.165, 1.54) is 0 Å². The van der Waals surface area contributed by atoms with Gasteiger partial charge in [0, 0.05) is 18.0 Å². The van der Waals surface area contributed by atoms with Crippen LogP contribution < -0.4 is 4.90 Å². The summed E-state index contributed by atoms with van der Waals surface area (Å²) in [6, 6.07) is 14.3. The molecule has 0 amide bonds. The quantitative estimate of drug-likeness (QED) is 0.733. The Balaban J connectivity index is 1.76. The first-order valence-electron chi connectivity index (χ1n) is 7.69. The van der Waals surface area contributed by atoms with E-state index in [9.17, 15) is 0 Å². The lowest BCUT2D eigenvalue weighted by Crippen LogP contribution is -2.36. The minimum absolute atomic E-state index is 0.743. The first kappa shape index (κ1) is 14.5. The van der Waals surface area contributed by atoms with Crippen molar-refractivity contribution in [2.24, 2.45) is 0 Å². The summed E-state index contributed by atoms with van der Waals surface area (Å²) in [6.45, 7) is 3.21. The molecule has 4 rings (SSSR count). The third kappa shape index (κ3) is 2.90. The van der Waals surface area contributed by atoms with Gasteiger partial charge in [-0.15, -0.1) is 12.6 Å². The van der Waals surface area contributed by atoms with Crippen LogP contribution in [0.3, 0.4) is 0 Å². The highest BCUT2D eigenvalue weighted by Crippen LogP contribution is 2.28. The zero-order valence-electron chi connectivity index (χ0n) is 12.6. The molecule has 1 aliphatic heterocycles. The molecule has 0 bridgehead atoms. The van der Waals surface area contributed by atoms with E-state index in [2.05, 4.69) is 40.7 Å². The lowest BCUT2D eigenvalue weighted by Gasteiger charge is -2.27. The van der Waals surface area contributed by atoms with Crippen molar-refractivity contribution >= 4 is 29.5 Å². The number of hydrogen-bond donors (Lipinski definition) is 1. The van der Waals surface area contributed by atoms with E-state index in [4.69, 9.17) is 9.72 Å². The molecule has 1 aliphatic rings. The van der Waals surface area contributed by atoms with Crippen LogP contribution in [0.2, 0.25) is 0 Å². The highest BCUT2D eigenvalue weighted by molar-refractivity contribution is 7.80. The van der Waals surface area contributed by atoms with Crippen LogP contribution in [0, 0.1) is 0 Å². The summed E-state index contributed by atoms with van der Waals surface area (Å²) in [6.07, 6.45) is 1.85. The smallest absolute Gasteiger partial charge is 0.148 e. The van der Waals surface area contributed by atoms with Crippen molar-refractivity contribution in [3.63, 3.8) is 0 Å². The zero-order chi connectivity index (χ0) is 15.6. The normalized spacial score (nSPS) is 15.1. The van der Waals surface area contributed by atoms with Gasteiger partial charge < -0.3 is 9.64 Å². The Labute approximate surface area is 140 Å². The summed E-state index contributed by atoms with van der Waals surface area (Å²) < 4.78 is 5.40. The number of benzene rings is 2. The Morgan fingerprint density at radius 2 is 1.83 bits per heavy atom. The van der Waals surface area contributed by atoms with Crippen LogP contribution in [0.1, 0.15) is 0 Å². The molecule has 0 unspecified atom stereocenters. The van der Waals surface area contributed by atoms with E-state index in [1.54, 1.807) is 0 Å². The van der Waals surface area contributed by atoms with Crippen LogP contribution in [0.25, 0.3) is 22.2 Å². The minimum atomic E-state index is 0.743. The number of morpholine rings is 1. The van der Waals surface area contributed by atoms with Crippen LogP contribution in [0.15, 0.2) is 53.6 Å². The second kappa shape index (κ2) is 6.18. The van der Waals surface area contributed by atoms with Gasteiger partial charge in [0.25, 0.3) is 0 Å². The molecular weight excluding hydrogens is 306 g/mol. The van der Waals surface area contributed by atoms with Gasteiger partial charge in [-0.3, -0.25) is 4.98 Å². The maximum atomic E-state index is 5.40. The molecule has 1 saturated heterocycles. The topological polar surface area (TPSA) is 38.2 Å². The minimum Gasteiger partial charge on any atom is -0.378 e. The Bertz CT molecular complexity index is 847. The molecule has 1 fully saturated rings. The Morgan fingerprint density at radius 1 is 1.00 bits per heavy atom. The van der Waals surface area contributed by atoms with Crippen molar-refractivity contribution in [2.45, 2.75) is 4.90 Å². The lowest BCUT2D eigenvalue weighted by molar-refractivity contribution is 0.122. The predicted molar refractivity (Wildman–Crippen MR) is 95.3 cm³/mol. The van der Waals surface area contributed by atoms with Gasteiger partial charge >= 0.3 is 0 Å². The summed E-state index contributed by atoms with van der Waals surface area (Å²) in [5.74, 6) is 0.914. The van der Waals surface area contributed by atoms with Crippen LogP contribution in [0.5, 0.6) is 0 Å². The molecule has 3 aromatic rings. The van der Waals surface area contributed by atoms with E-state index < -0.39 is 0 Å². The number of fused-ring (bicyclic) bond motifs is 1. The highest BCUT2D eigenvalue weighted by atomic mass is 32.1. The number of nitrogens with zero attached hydrogens (tertiary/aromatic N) is 3. The molecule has 0 N–H and O–H groups in total. The molecule has 5 heteroatoms. The fraction of sp³-hybridized carbons (Fsp3) is 0.222. The lowest BCUT2D eigenvalue weighted by atomic mass is 10.0. The Kier molecular flexibility index (Phi) is 3.89. The number of thiol groups is 1. The largest absolute Gasteiger partial charge is 0.378 e. The van der Waals surface area contributed by atoms with Gasteiger partial charge in [0.15, 0.2) is 0 Å². The fourth-order valence-corrected chi connectivity index (χ4v) is 3.12. The van der Waals surface area contributed by atoms with E-state index >= 15 is 0 Å². The van der Waals surface area contributed by atoms with Gasteiger partial charge in [0.05, 0.1) is 30.4 Å². The summed E-state index contributed by atoms with van der Waals surface area (Å²) >= 11 is 4.55. The molecule has 0 aliphatic carbocycles. The number of aromatic nitrogens is 2. The van der Waals surface area contributed by atoms with E-state index in [0.717, 1.165) is 59.2 Å². The highest BCUT2D eigenvalue weighted by Gasteiger charge is 2.13. The number of anilines is 1. The summed E-state index contributed by atoms with van der Waals surface area (Å²) in [5.41, 5.74) is 4.03. The van der Waals surface area contributed by atoms with Crippen molar-refractivity contribution in [3.05, 3.63) is 48.7 Å². The summed E-state index contributed by atoms with van der Waals surface area (Å²) in [7, 11) is 0. The van der Waals surface area contributed by atoms with Crippen molar-refractivity contribution in [2.75, 3.05) is 31.2 Å². The van der Waals surface area contributed by atoms with Crippen molar-refractivity contribution < 1.29 is 4.74 Å². The molecule has 0 atom stereocenters. The molecule has 0 spiro atoms. The molecule has 1 aromatic heterocycles. The first-order valence-corrected chi connectivity index (χ1v) is 8.14. The Hall–Kier alpha value is -2.11. The van der Waals surface area contributed by atoms with Crippen LogP contribution in [-0.2, 0) is 4.74 Å². The maximum Gasteiger partial charge on any atom is 0.148 e. The van der Waals surface area contributed by atoms with Gasteiger partial charge in [-0.05, 0) is 29.3 Å². The van der Waals surface area contributed by atoms with Gasteiger partial charge in [-0.2, -0.15) is 0 Å². The molecule has 23 heavy (non-hydrogen) atoms. The Morgan fingerprint density at radius 3 is 2.65 bits per heavy atom. The van der Waals surface area contributed by atoms with E-state index in [1.807, 2.05) is 30.5 Å². The second-order valence-electron chi connectivity index (χ2n) is 5.55.